The first-order valence-electron chi connectivity index (χ1n) is 5.76. The molecule has 1 rings (SSSR count). The average molecular weight is 235 g/mol. The summed E-state index contributed by atoms with van der Waals surface area (Å²) < 4.78 is 1.85. The highest BCUT2D eigenvalue weighted by Gasteiger charge is 2.16. The number of hydrogen-bond donors (Lipinski definition) is 1. The van der Waals surface area contributed by atoms with E-state index in [1.54, 1.807) is 6.33 Å². The van der Waals surface area contributed by atoms with Gasteiger partial charge in [-0.15, -0.1) is 10.2 Å². The zero-order valence-corrected chi connectivity index (χ0v) is 10.2. The molecule has 1 heterocycles. The second-order valence-electron chi connectivity index (χ2n) is 3.72. The van der Waals surface area contributed by atoms with E-state index in [0.29, 0.717) is 18.8 Å². The maximum atomic E-state index is 11.7. The van der Waals surface area contributed by atoms with Crippen LogP contribution in [0, 0.1) is 17.2 Å². The minimum Gasteiger partial charge on any atom is -0.348 e. The molecule has 0 bridgehead atoms. The Morgan fingerprint density at radius 3 is 3.00 bits per heavy atom. The molecule has 1 aromatic rings. The molecule has 17 heavy (non-hydrogen) atoms. The lowest BCUT2D eigenvalue weighted by Gasteiger charge is -2.09. The van der Waals surface area contributed by atoms with Crippen molar-refractivity contribution in [3.05, 3.63) is 12.2 Å². The fraction of sp³-hybridized carbons (Fsp3) is 0.636. The van der Waals surface area contributed by atoms with Crippen molar-refractivity contribution in [2.75, 3.05) is 0 Å². The van der Waals surface area contributed by atoms with Crippen LogP contribution in [0.2, 0.25) is 0 Å². The van der Waals surface area contributed by atoms with Crippen molar-refractivity contribution in [1.29, 1.82) is 5.26 Å². The second-order valence-corrected chi connectivity index (χ2v) is 3.72. The third-order valence-electron chi connectivity index (χ3n) is 2.51. The van der Waals surface area contributed by atoms with Crippen molar-refractivity contribution >= 4 is 5.91 Å². The maximum Gasteiger partial charge on any atom is 0.237 e. The number of rotatable bonds is 6. The Hall–Kier alpha value is -1.90. The van der Waals surface area contributed by atoms with Gasteiger partial charge in [0.1, 0.15) is 12.2 Å². The van der Waals surface area contributed by atoms with Gasteiger partial charge in [-0.3, -0.25) is 4.79 Å². The minimum absolute atomic E-state index is 0.236. The van der Waals surface area contributed by atoms with Crippen LogP contribution in [-0.4, -0.2) is 20.7 Å². The van der Waals surface area contributed by atoms with E-state index < -0.39 is 5.92 Å². The van der Waals surface area contributed by atoms with Crippen molar-refractivity contribution in [3.63, 3.8) is 0 Å². The number of nitrogens with zero attached hydrogens (tertiary/aromatic N) is 4. The first-order chi connectivity index (χ1) is 8.22. The van der Waals surface area contributed by atoms with Crippen molar-refractivity contribution in [3.8, 4) is 6.07 Å². The summed E-state index contributed by atoms with van der Waals surface area (Å²) in [5.41, 5.74) is 0. The monoisotopic (exact) mass is 235 g/mol. The van der Waals surface area contributed by atoms with Gasteiger partial charge in [0.2, 0.25) is 5.91 Å². The Labute approximate surface area is 101 Å². The average Bonchev–Trinajstić information content (AvgIpc) is 2.80. The summed E-state index contributed by atoms with van der Waals surface area (Å²) in [5, 5.41) is 19.2. The molecule has 0 aromatic carbocycles. The van der Waals surface area contributed by atoms with E-state index >= 15 is 0 Å². The number of aryl methyl sites for hydroxylation is 1. The Balaban J connectivity index is 2.50. The third-order valence-corrected chi connectivity index (χ3v) is 2.51. The summed E-state index contributed by atoms with van der Waals surface area (Å²) in [6, 6.07) is 2.01. The molecule has 1 unspecified atom stereocenters. The van der Waals surface area contributed by atoms with E-state index in [1.807, 2.05) is 24.5 Å². The van der Waals surface area contributed by atoms with Gasteiger partial charge in [-0.25, -0.2) is 0 Å². The zero-order valence-electron chi connectivity index (χ0n) is 10.2. The highest BCUT2D eigenvalue weighted by Crippen LogP contribution is 2.05. The topological polar surface area (TPSA) is 83.6 Å². The fourth-order valence-corrected chi connectivity index (χ4v) is 1.51. The smallest absolute Gasteiger partial charge is 0.237 e. The second kappa shape index (κ2) is 6.63. The van der Waals surface area contributed by atoms with Gasteiger partial charge in [-0.1, -0.05) is 13.3 Å². The molecule has 0 fully saturated rings. The zero-order chi connectivity index (χ0) is 12.7. The molecule has 6 nitrogen and oxygen atoms in total. The molecule has 0 saturated carbocycles. The van der Waals surface area contributed by atoms with Gasteiger partial charge in [0.05, 0.1) is 12.6 Å². The molecule has 1 aromatic heterocycles. The normalized spacial score (nSPS) is 11.8. The number of carbonyl (C=O) groups is 1. The first-order valence-corrected chi connectivity index (χ1v) is 5.76. The Morgan fingerprint density at radius 1 is 1.65 bits per heavy atom. The summed E-state index contributed by atoms with van der Waals surface area (Å²) in [6.45, 7) is 5.00. The molecule has 0 aliphatic heterocycles. The predicted octanol–water partition coefficient (Wildman–Crippen LogP) is 0.854. The number of aromatic nitrogens is 3. The van der Waals surface area contributed by atoms with Gasteiger partial charge in [0.25, 0.3) is 0 Å². The standard InChI is InChI=1S/C11H17N5O/c1-3-5-9(6-12)11(17)13-7-10-15-14-8-16(10)4-2/h8-9H,3-5,7H2,1-2H3,(H,13,17). The predicted molar refractivity (Wildman–Crippen MR) is 61.6 cm³/mol. The minimum atomic E-state index is -0.571. The van der Waals surface area contributed by atoms with Crippen LogP contribution >= 0.6 is 0 Å². The Morgan fingerprint density at radius 2 is 2.41 bits per heavy atom. The van der Waals surface area contributed by atoms with E-state index in [-0.39, 0.29) is 5.91 Å². The molecule has 1 N–H and O–H groups in total. The largest absolute Gasteiger partial charge is 0.348 e. The quantitative estimate of drug-likeness (QED) is 0.792. The van der Waals surface area contributed by atoms with Gasteiger partial charge < -0.3 is 9.88 Å². The van der Waals surface area contributed by atoms with Crippen molar-refractivity contribution < 1.29 is 4.79 Å². The van der Waals surface area contributed by atoms with Crippen LogP contribution in [0.1, 0.15) is 32.5 Å². The Kier molecular flexibility index (Phi) is 5.14. The summed E-state index contributed by atoms with van der Waals surface area (Å²) in [6.07, 6.45) is 3.02. The highest BCUT2D eigenvalue weighted by molar-refractivity contribution is 5.80. The van der Waals surface area contributed by atoms with E-state index in [4.69, 9.17) is 5.26 Å². The van der Waals surface area contributed by atoms with Crippen LogP contribution in [0.15, 0.2) is 6.33 Å². The third kappa shape index (κ3) is 3.55. The SMILES string of the molecule is CCCC(C#N)C(=O)NCc1nncn1CC. The van der Waals surface area contributed by atoms with Crippen molar-refractivity contribution in [2.45, 2.75) is 39.8 Å². The molecule has 1 amide bonds. The molecule has 0 radical (unpaired) electrons. The van der Waals surface area contributed by atoms with E-state index in [0.717, 1.165) is 13.0 Å². The van der Waals surface area contributed by atoms with Crippen LogP contribution in [0.3, 0.4) is 0 Å². The molecule has 1 atom stereocenters. The van der Waals surface area contributed by atoms with Crippen LogP contribution in [-0.2, 0) is 17.9 Å². The van der Waals surface area contributed by atoms with E-state index in [2.05, 4.69) is 15.5 Å². The summed E-state index contributed by atoms with van der Waals surface area (Å²) in [7, 11) is 0. The fourth-order valence-electron chi connectivity index (χ4n) is 1.51. The molecular weight excluding hydrogens is 218 g/mol. The molecule has 92 valence electrons. The van der Waals surface area contributed by atoms with Gasteiger partial charge in [0, 0.05) is 6.54 Å². The highest BCUT2D eigenvalue weighted by atomic mass is 16.1. The van der Waals surface area contributed by atoms with Gasteiger partial charge >= 0.3 is 0 Å². The van der Waals surface area contributed by atoms with E-state index in [1.165, 1.54) is 0 Å². The number of nitriles is 1. The number of hydrogen-bond acceptors (Lipinski definition) is 4. The van der Waals surface area contributed by atoms with Crippen molar-refractivity contribution in [2.24, 2.45) is 5.92 Å². The van der Waals surface area contributed by atoms with Gasteiger partial charge in [-0.2, -0.15) is 5.26 Å². The molecule has 0 aliphatic carbocycles. The van der Waals surface area contributed by atoms with Gasteiger partial charge in [-0.05, 0) is 13.3 Å². The number of carbonyl (C=O) groups excluding carboxylic acids is 1. The van der Waals surface area contributed by atoms with Crippen LogP contribution in [0.4, 0.5) is 0 Å². The molecule has 6 heteroatoms. The summed E-state index contributed by atoms with van der Waals surface area (Å²) >= 11 is 0. The van der Waals surface area contributed by atoms with Crippen LogP contribution in [0.25, 0.3) is 0 Å². The lowest BCUT2D eigenvalue weighted by molar-refractivity contribution is -0.123. The molecule has 0 saturated heterocycles. The maximum absolute atomic E-state index is 11.7. The molecule has 0 spiro atoms. The van der Waals surface area contributed by atoms with E-state index in [9.17, 15) is 4.79 Å². The van der Waals surface area contributed by atoms with Crippen LogP contribution < -0.4 is 5.32 Å². The summed E-state index contributed by atoms with van der Waals surface area (Å²) in [4.78, 5) is 11.7. The van der Waals surface area contributed by atoms with Crippen LogP contribution in [0.5, 0.6) is 0 Å². The number of amides is 1. The van der Waals surface area contributed by atoms with Gasteiger partial charge in [0.15, 0.2) is 5.82 Å². The van der Waals surface area contributed by atoms with Crippen molar-refractivity contribution in [1.82, 2.24) is 20.1 Å². The lowest BCUT2D eigenvalue weighted by atomic mass is 10.1. The number of nitrogens with one attached hydrogen (secondary N) is 1. The molecular formula is C11H17N5O. The molecule has 0 aliphatic rings. The first kappa shape index (κ1) is 13.2. The lowest BCUT2D eigenvalue weighted by Crippen LogP contribution is -2.30. The Bertz CT molecular complexity index is 406. The summed E-state index contributed by atoms with van der Waals surface area (Å²) in [5.74, 6) is -0.105.